The number of fused-ring (bicyclic) bond motifs is 1. The second-order valence-corrected chi connectivity index (χ2v) is 36.3. The number of rotatable bonds is 4. The minimum Gasteiger partial charge on any atom is -0.147 e. The third-order valence-electron chi connectivity index (χ3n) is 4.83. The van der Waals surface area contributed by atoms with Crippen molar-refractivity contribution in [1.29, 1.82) is 0 Å². The van der Waals surface area contributed by atoms with Gasteiger partial charge in [0.15, 0.2) is 0 Å². The van der Waals surface area contributed by atoms with Crippen molar-refractivity contribution < 1.29 is 16.2 Å². The van der Waals surface area contributed by atoms with Gasteiger partial charge >= 0.3 is 128 Å². The smallest absolute Gasteiger partial charge is 0.147 e. The van der Waals surface area contributed by atoms with Crippen molar-refractivity contribution in [2.75, 3.05) is 0 Å². The minimum absolute atomic E-state index is 0. The number of halogens is 3. The molecule has 0 heterocycles. The SMILES string of the molecule is CC[CH2][Zr](=[SiH2])([Cl])([C]1=CC=CC1)[CH]1C=Cc2ccccc21.Cl.Cl. The molecule has 0 amide bonds. The molecule has 0 saturated carbocycles. The van der Waals surface area contributed by atoms with Gasteiger partial charge in [0.05, 0.1) is 0 Å². The summed E-state index contributed by atoms with van der Waals surface area (Å²) in [4.78, 5) is 0. The Hall–Kier alpha value is 0.410. The van der Waals surface area contributed by atoms with E-state index in [0.29, 0.717) is 3.63 Å². The van der Waals surface area contributed by atoms with Crippen LogP contribution in [0.15, 0.2) is 51.9 Å². The van der Waals surface area contributed by atoms with Crippen molar-refractivity contribution in [2.24, 2.45) is 0 Å². The first-order chi connectivity index (χ1) is 9.55. The fraction of sp³-hybridized carbons (Fsp3) is 0.294. The van der Waals surface area contributed by atoms with Crippen molar-refractivity contribution in [2.45, 2.75) is 27.5 Å². The van der Waals surface area contributed by atoms with Crippen LogP contribution in [-0.4, -0.2) is 6.88 Å². The van der Waals surface area contributed by atoms with Crippen molar-refractivity contribution >= 4 is 46.3 Å². The molecule has 1 aromatic rings. The van der Waals surface area contributed by atoms with E-state index in [2.05, 4.69) is 68.4 Å². The summed E-state index contributed by atoms with van der Waals surface area (Å²) in [5.74, 6) is 0. The van der Waals surface area contributed by atoms with Gasteiger partial charge in [0.2, 0.25) is 0 Å². The van der Waals surface area contributed by atoms with Gasteiger partial charge in [0, 0.05) is 0 Å². The Kier molecular flexibility index (Phi) is 7.00. The molecule has 2 aliphatic rings. The topological polar surface area (TPSA) is 0 Å². The Morgan fingerprint density at radius 1 is 1.27 bits per heavy atom. The Balaban J connectivity index is 0.00000121. The Bertz CT molecular complexity index is 706. The molecule has 0 N–H and O–H groups in total. The third-order valence-corrected chi connectivity index (χ3v) is 29.4. The van der Waals surface area contributed by atoms with Crippen molar-refractivity contribution in [1.82, 2.24) is 0 Å². The summed E-state index contributed by atoms with van der Waals surface area (Å²) in [5, 5.41) is 0. The van der Waals surface area contributed by atoms with E-state index in [4.69, 9.17) is 8.51 Å². The molecule has 3 rings (SSSR count). The van der Waals surface area contributed by atoms with Crippen LogP contribution in [0.25, 0.3) is 6.08 Å². The summed E-state index contributed by atoms with van der Waals surface area (Å²) >= 11 is -3.45. The molecule has 0 saturated heterocycles. The first-order valence-corrected chi connectivity index (χ1v) is 20.9. The van der Waals surface area contributed by atoms with Crippen LogP contribution >= 0.6 is 33.3 Å². The first-order valence-electron chi connectivity index (χ1n) is 7.43. The van der Waals surface area contributed by atoms with Crippen LogP contribution in [0.5, 0.6) is 0 Å². The zero-order valence-corrected chi connectivity index (χ0v) is 19.1. The fourth-order valence-electron chi connectivity index (χ4n) is 3.77. The maximum atomic E-state index is 7.60. The van der Waals surface area contributed by atoms with E-state index in [1.54, 1.807) is 3.28 Å². The number of allylic oxidation sites excluding steroid dienone is 5. The molecule has 2 aliphatic carbocycles. The van der Waals surface area contributed by atoms with Gasteiger partial charge in [-0.15, -0.1) is 24.8 Å². The molecule has 1 aromatic carbocycles. The zero-order valence-electron chi connectivity index (χ0n) is 12.8. The summed E-state index contributed by atoms with van der Waals surface area (Å²) in [6, 6.07) is 8.77. The molecule has 22 heavy (non-hydrogen) atoms. The quantitative estimate of drug-likeness (QED) is 0.517. The summed E-state index contributed by atoms with van der Waals surface area (Å²) in [5.41, 5.74) is 2.83. The first kappa shape index (κ1) is 20.5. The van der Waals surface area contributed by atoms with E-state index < -0.39 is 16.2 Å². The maximum absolute atomic E-state index is 7.60. The molecule has 0 aliphatic heterocycles. The predicted molar refractivity (Wildman–Crippen MR) is 104 cm³/mol. The molecule has 5 heteroatoms. The molecule has 1 atom stereocenters. The molecular weight excluding hydrogens is 430 g/mol. The van der Waals surface area contributed by atoms with Gasteiger partial charge in [-0.05, 0) is 0 Å². The number of hydrogen-bond acceptors (Lipinski definition) is 0. The van der Waals surface area contributed by atoms with Crippen LogP contribution in [0.3, 0.4) is 0 Å². The average Bonchev–Trinajstić information content (AvgIpc) is 3.09. The van der Waals surface area contributed by atoms with Gasteiger partial charge in [-0.3, -0.25) is 0 Å². The standard InChI is InChI=1S/C9H7.C5H5.C3H7.3ClH.H2Si.Zr/c1-2-5-9-7-3-6-8(9)4-1;1-2-4-5-3-1;1-3-2;;;;;/h1-7H;1-3H,4H2;1,3H2,2H3;3*1H;1H2;/q;;;;;;;+1/p-1. The van der Waals surface area contributed by atoms with Gasteiger partial charge in [0.1, 0.15) is 0 Å². The Morgan fingerprint density at radius 3 is 2.64 bits per heavy atom. The zero-order chi connectivity index (χ0) is 14.2. The van der Waals surface area contributed by atoms with E-state index in [9.17, 15) is 0 Å². The van der Waals surface area contributed by atoms with Gasteiger partial charge in [-0.1, -0.05) is 0 Å². The van der Waals surface area contributed by atoms with E-state index >= 15 is 0 Å². The third kappa shape index (κ3) is 3.28. The molecule has 120 valence electrons. The van der Waals surface area contributed by atoms with Gasteiger partial charge in [0.25, 0.3) is 0 Å². The molecule has 0 bridgehead atoms. The van der Waals surface area contributed by atoms with Gasteiger partial charge < -0.3 is 0 Å². The van der Waals surface area contributed by atoms with Crippen LogP contribution < -0.4 is 0 Å². The van der Waals surface area contributed by atoms with Crippen molar-refractivity contribution in [3.05, 3.63) is 63.0 Å². The largest absolute Gasteiger partial charge is 0.147 e. The molecule has 0 radical (unpaired) electrons. The predicted octanol–water partition coefficient (Wildman–Crippen LogP) is 5.66. The van der Waals surface area contributed by atoms with Crippen molar-refractivity contribution in [3.8, 4) is 0 Å². The summed E-state index contributed by atoms with van der Waals surface area (Å²) in [6.45, 7) is 4.46. The van der Waals surface area contributed by atoms with Crippen LogP contribution in [0, 0.1) is 0 Å². The Labute approximate surface area is 151 Å². The number of benzene rings is 1. The fourth-order valence-corrected chi connectivity index (χ4v) is 24.2. The summed E-state index contributed by atoms with van der Waals surface area (Å²) in [6.07, 6.45) is 13.7. The van der Waals surface area contributed by atoms with E-state index in [-0.39, 0.29) is 24.8 Å². The normalized spacial score (nSPS) is 19.2. The van der Waals surface area contributed by atoms with Crippen LogP contribution in [0.4, 0.5) is 0 Å². The van der Waals surface area contributed by atoms with Crippen LogP contribution in [0.2, 0.25) is 4.13 Å². The monoisotopic (exact) mass is 450 g/mol. The second kappa shape index (κ2) is 7.53. The van der Waals surface area contributed by atoms with Crippen LogP contribution in [-0.2, 0) is 16.2 Å². The summed E-state index contributed by atoms with van der Waals surface area (Å²) in [7, 11) is 7.60. The molecule has 1 unspecified atom stereocenters. The molecule has 0 fully saturated rings. The molecular formula is C17H23Cl3SiZr. The molecule has 0 spiro atoms. The minimum atomic E-state index is -3.45. The van der Waals surface area contributed by atoms with Crippen molar-refractivity contribution in [3.63, 3.8) is 0 Å². The second-order valence-electron chi connectivity index (χ2n) is 6.17. The van der Waals surface area contributed by atoms with E-state index in [0.717, 1.165) is 6.42 Å². The van der Waals surface area contributed by atoms with Gasteiger partial charge in [-0.25, -0.2) is 0 Å². The van der Waals surface area contributed by atoms with Crippen LogP contribution in [0.1, 0.15) is 34.5 Å². The summed E-state index contributed by atoms with van der Waals surface area (Å²) < 4.78 is 3.25. The van der Waals surface area contributed by atoms with Gasteiger partial charge in [-0.2, -0.15) is 0 Å². The average molecular weight is 453 g/mol. The van der Waals surface area contributed by atoms with E-state index in [1.807, 2.05) is 0 Å². The number of hydrogen-bond donors (Lipinski definition) is 0. The molecule has 0 aromatic heterocycles. The maximum Gasteiger partial charge on any atom is -0.147 e. The Morgan fingerprint density at radius 2 is 2.00 bits per heavy atom. The molecule has 0 nitrogen and oxygen atoms in total. The van der Waals surface area contributed by atoms with E-state index in [1.165, 1.54) is 21.7 Å².